The number of aromatic hydroxyl groups is 1. The molecule has 0 saturated carbocycles. The predicted octanol–water partition coefficient (Wildman–Crippen LogP) is 1.54. The van der Waals surface area contributed by atoms with E-state index in [2.05, 4.69) is 10.3 Å². The lowest BCUT2D eigenvalue weighted by molar-refractivity contribution is -0.127. The Morgan fingerprint density at radius 3 is 3.18 bits per heavy atom. The van der Waals surface area contributed by atoms with Gasteiger partial charge in [0.25, 0.3) is 0 Å². The van der Waals surface area contributed by atoms with E-state index in [0.29, 0.717) is 6.61 Å². The fraction of sp³-hybridized carbons (Fsp3) is 0.500. The molecule has 0 spiro atoms. The highest BCUT2D eigenvalue weighted by atomic mass is 16.5. The average molecular weight is 236 g/mol. The van der Waals surface area contributed by atoms with Crippen molar-refractivity contribution in [3.63, 3.8) is 0 Å². The molecule has 5 heteroatoms. The van der Waals surface area contributed by atoms with Gasteiger partial charge in [0.2, 0.25) is 5.91 Å². The molecule has 2 N–H and O–H groups in total. The molecule has 0 bridgehead atoms. The number of rotatable bonds is 2. The van der Waals surface area contributed by atoms with Gasteiger partial charge in [-0.15, -0.1) is 0 Å². The maximum Gasteiger partial charge on any atom is 0.231 e. The molecule has 1 aromatic rings. The molecule has 92 valence electrons. The highest BCUT2D eigenvalue weighted by Gasteiger charge is 2.29. The van der Waals surface area contributed by atoms with Crippen LogP contribution >= 0.6 is 0 Å². The summed E-state index contributed by atoms with van der Waals surface area (Å²) in [5.74, 6) is -0.142. The monoisotopic (exact) mass is 236 g/mol. The molecule has 1 aromatic heterocycles. The molecule has 1 fully saturated rings. The number of carbonyl (C=O) groups is 1. The van der Waals surface area contributed by atoms with Gasteiger partial charge in [0.05, 0.1) is 12.0 Å². The van der Waals surface area contributed by atoms with E-state index < -0.39 is 0 Å². The van der Waals surface area contributed by atoms with Gasteiger partial charge in [-0.25, -0.2) is 4.98 Å². The number of carbonyl (C=O) groups excluding carboxylic acids is 1. The van der Waals surface area contributed by atoms with Gasteiger partial charge < -0.3 is 15.2 Å². The summed E-state index contributed by atoms with van der Waals surface area (Å²) in [7, 11) is 0. The van der Waals surface area contributed by atoms with Crippen molar-refractivity contribution in [2.24, 2.45) is 5.92 Å². The zero-order valence-corrected chi connectivity index (χ0v) is 9.72. The molecule has 0 aliphatic carbocycles. The molecule has 0 aromatic carbocycles. The van der Waals surface area contributed by atoms with E-state index in [4.69, 9.17) is 4.74 Å². The highest BCUT2D eigenvalue weighted by molar-refractivity contribution is 5.93. The topological polar surface area (TPSA) is 71.5 Å². The fourth-order valence-corrected chi connectivity index (χ4v) is 1.97. The minimum absolute atomic E-state index is 0.0229. The molecular formula is C12H16N2O3. The summed E-state index contributed by atoms with van der Waals surface area (Å²) in [6, 6.07) is 3.10. The minimum atomic E-state index is -0.176. The Bertz CT molecular complexity index is 408. The van der Waals surface area contributed by atoms with Crippen LogP contribution in [0.25, 0.3) is 0 Å². The molecular weight excluding hydrogens is 220 g/mol. The van der Waals surface area contributed by atoms with E-state index in [-0.39, 0.29) is 29.5 Å². The van der Waals surface area contributed by atoms with Gasteiger partial charge in [0, 0.05) is 12.8 Å². The van der Waals surface area contributed by atoms with Crippen LogP contribution in [0.5, 0.6) is 5.75 Å². The fourth-order valence-electron chi connectivity index (χ4n) is 1.97. The maximum atomic E-state index is 12.0. The van der Waals surface area contributed by atoms with Crippen LogP contribution in [0.15, 0.2) is 18.3 Å². The van der Waals surface area contributed by atoms with E-state index in [1.54, 1.807) is 6.07 Å². The van der Waals surface area contributed by atoms with Crippen molar-refractivity contribution >= 4 is 11.7 Å². The summed E-state index contributed by atoms with van der Waals surface area (Å²) in [4.78, 5) is 15.9. The largest absolute Gasteiger partial charge is 0.504 e. The summed E-state index contributed by atoms with van der Waals surface area (Å²) in [6.45, 7) is 2.60. The first-order valence-electron chi connectivity index (χ1n) is 5.75. The van der Waals surface area contributed by atoms with Crippen molar-refractivity contribution in [1.82, 2.24) is 4.98 Å². The van der Waals surface area contributed by atoms with Crippen molar-refractivity contribution in [3.8, 4) is 5.75 Å². The first-order chi connectivity index (χ1) is 8.18. The van der Waals surface area contributed by atoms with E-state index in [0.717, 1.165) is 12.8 Å². The lowest BCUT2D eigenvalue weighted by atomic mass is 9.94. The normalized spacial score (nSPS) is 24.3. The first kappa shape index (κ1) is 11.9. The predicted molar refractivity (Wildman–Crippen MR) is 62.7 cm³/mol. The van der Waals surface area contributed by atoms with Crippen LogP contribution in [-0.4, -0.2) is 28.7 Å². The molecule has 2 heterocycles. The zero-order chi connectivity index (χ0) is 12.3. The summed E-state index contributed by atoms with van der Waals surface area (Å²) in [6.07, 6.45) is 3.13. The number of ether oxygens (including phenoxy) is 1. The second-order valence-corrected chi connectivity index (χ2v) is 4.19. The number of pyridine rings is 1. The molecule has 5 nitrogen and oxygen atoms in total. The Labute approximate surface area is 99.8 Å². The third-order valence-corrected chi connectivity index (χ3v) is 2.97. The van der Waals surface area contributed by atoms with Crippen LogP contribution in [0, 0.1) is 5.92 Å². The second-order valence-electron chi connectivity index (χ2n) is 4.19. The standard InChI is InChI=1S/C12H16N2O3/c1-8-9(4-3-7-17-8)12(16)14-11-10(15)5-2-6-13-11/h2,5-6,8-9,15H,3-4,7H2,1H3,(H,13,14,16)/t8-,9-/m0/s1. The van der Waals surface area contributed by atoms with Crippen LogP contribution in [0.1, 0.15) is 19.8 Å². The van der Waals surface area contributed by atoms with E-state index in [9.17, 15) is 9.90 Å². The third kappa shape index (κ3) is 2.74. The molecule has 1 aliphatic heterocycles. The number of amides is 1. The number of anilines is 1. The van der Waals surface area contributed by atoms with E-state index >= 15 is 0 Å². The third-order valence-electron chi connectivity index (χ3n) is 2.97. The van der Waals surface area contributed by atoms with E-state index in [1.807, 2.05) is 6.92 Å². The van der Waals surface area contributed by atoms with Gasteiger partial charge >= 0.3 is 0 Å². The van der Waals surface area contributed by atoms with Crippen molar-refractivity contribution in [2.75, 3.05) is 11.9 Å². The molecule has 1 saturated heterocycles. The van der Waals surface area contributed by atoms with Gasteiger partial charge in [0.1, 0.15) is 0 Å². The SMILES string of the molecule is C[C@@H]1OCCC[C@@H]1C(=O)Nc1ncccc1O. The van der Waals surface area contributed by atoms with Gasteiger partial charge in [-0.2, -0.15) is 0 Å². The average Bonchev–Trinajstić information content (AvgIpc) is 2.32. The molecule has 17 heavy (non-hydrogen) atoms. The number of nitrogens with one attached hydrogen (secondary N) is 1. The van der Waals surface area contributed by atoms with Gasteiger partial charge in [-0.05, 0) is 31.9 Å². The van der Waals surface area contributed by atoms with Gasteiger partial charge in [0.15, 0.2) is 11.6 Å². The smallest absolute Gasteiger partial charge is 0.231 e. The number of hydrogen-bond donors (Lipinski definition) is 2. The zero-order valence-electron chi connectivity index (χ0n) is 9.72. The molecule has 0 radical (unpaired) electrons. The van der Waals surface area contributed by atoms with Crippen LogP contribution in [0.2, 0.25) is 0 Å². The lowest BCUT2D eigenvalue weighted by Gasteiger charge is -2.27. The van der Waals surface area contributed by atoms with Gasteiger partial charge in [-0.1, -0.05) is 0 Å². The summed E-state index contributed by atoms with van der Waals surface area (Å²) in [5, 5.41) is 12.1. The Morgan fingerprint density at radius 1 is 1.65 bits per heavy atom. The van der Waals surface area contributed by atoms with Crippen LogP contribution in [0.4, 0.5) is 5.82 Å². The summed E-state index contributed by atoms with van der Waals surface area (Å²) < 4.78 is 5.44. The molecule has 1 amide bonds. The number of hydrogen-bond acceptors (Lipinski definition) is 4. The minimum Gasteiger partial charge on any atom is -0.504 e. The maximum absolute atomic E-state index is 12.0. The highest BCUT2D eigenvalue weighted by Crippen LogP contribution is 2.24. The van der Waals surface area contributed by atoms with Gasteiger partial charge in [-0.3, -0.25) is 4.79 Å². The number of nitrogens with zero attached hydrogens (tertiary/aromatic N) is 1. The molecule has 1 aliphatic rings. The Balaban J connectivity index is 2.03. The van der Waals surface area contributed by atoms with Crippen LogP contribution in [0.3, 0.4) is 0 Å². The Kier molecular flexibility index (Phi) is 3.58. The second kappa shape index (κ2) is 5.14. The number of aromatic nitrogens is 1. The Morgan fingerprint density at radius 2 is 2.47 bits per heavy atom. The summed E-state index contributed by atoms with van der Waals surface area (Å²) >= 11 is 0. The Hall–Kier alpha value is -1.62. The molecule has 0 unspecified atom stereocenters. The summed E-state index contributed by atoms with van der Waals surface area (Å²) in [5.41, 5.74) is 0. The van der Waals surface area contributed by atoms with Crippen LogP contribution < -0.4 is 5.32 Å². The molecule has 2 rings (SSSR count). The molecule has 2 atom stereocenters. The van der Waals surface area contributed by atoms with Crippen molar-refractivity contribution in [1.29, 1.82) is 0 Å². The van der Waals surface area contributed by atoms with Crippen LogP contribution in [-0.2, 0) is 9.53 Å². The van der Waals surface area contributed by atoms with E-state index in [1.165, 1.54) is 12.3 Å². The van der Waals surface area contributed by atoms with Crippen molar-refractivity contribution < 1.29 is 14.6 Å². The quantitative estimate of drug-likeness (QED) is 0.817. The van der Waals surface area contributed by atoms with Crippen molar-refractivity contribution in [2.45, 2.75) is 25.9 Å². The van der Waals surface area contributed by atoms with Crippen molar-refractivity contribution in [3.05, 3.63) is 18.3 Å². The first-order valence-corrected chi connectivity index (χ1v) is 5.75. The lowest BCUT2D eigenvalue weighted by Crippen LogP contribution is -2.36.